The number of nitrogens with zero attached hydrogens (tertiary/aromatic N) is 1. The molecule has 0 unspecified atom stereocenters. The first kappa shape index (κ1) is 14.8. The van der Waals surface area contributed by atoms with Crippen molar-refractivity contribution in [3.05, 3.63) is 58.1 Å². The first-order chi connectivity index (χ1) is 10.7. The molecule has 3 rings (SSSR count). The Balaban J connectivity index is 1.69. The largest absolute Gasteiger partial charge is 0.497 e. The van der Waals surface area contributed by atoms with Gasteiger partial charge < -0.3 is 10.1 Å². The SMILES string of the molecule is COc1ccc(CNC(=O)c2ccc3nc(Cl)sc3c2)cc1. The number of benzene rings is 2. The van der Waals surface area contributed by atoms with Crippen LogP contribution in [-0.4, -0.2) is 18.0 Å². The molecule has 3 aromatic rings. The molecular formula is C16H13ClN2O2S. The van der Waals surface area contributed by atoms with Gasteiger partial charge in [0.2, 0.25) is 0 Å². The van der Waals surface area contributed by atoms with E-state index in [2.05, 4.69) is 10.3 Å². The van der Waals surface area contributed by atoms with E-state index in [-0.39, 0.29) is 5.91 Å². The van der Waals surface area contributed by atoms with Crippen molar-refractivity contribution in [1.82, 2.24) is 10.3 Å². The van der Waals surface area contributed by atoms with Crippen LogP contribution in [0.4, 0.5) is 0 Å². The first-order valence-corrected chi connectivity index (χ1v) is 7.82. The third-order valence-electron chi connectivity index (χ3n) is 3.24. The molecule has 1 N–H and O–H groups in total. The van der Waals surface area contributed by atoms with Crippen LogP contribution in [0.25, 0.3) is 10.2 Å². The molecule has 0 aliphatic rings. The van der Waals surface area contributed by atoms with Gasteiger partial charge >= 0.3 is 0 Å². The summed E-state index contributed by atoms with van der Waals surface area (Å²) in [7, 11) is 1.62. The number of halogens is 1. The lowest BCUT2D eigenvalue weighted by molar-refractivity contribution is 0.0951. The predicted molar refractivity (Wildman–Crippen MR) is 88.8 cm³/mol. The Morgan fingerprint density at radius 3 is 2.77 bits per heavy atom. The average molecular weight is 333 g/mol. The Labute approximate surface area is 136 Å². The molecular weight excluding hydrogens is 320 g/mol. The molecule has 0 fully saturated rings. The lowest BCUT2D eigenvalue weighted by atomic mass is 10.2. The quantitative estimate of drug-likeness (QED) is 0.788. The number of methoxy groups -OCH3 is 1. The normalized spacial score (nSPS) is 10.6. The summed E-state index contributed by atoms with van der Waals surface area (Å²) in [6.07, 6.45) is 0. The van der Waals surface area contributed by atoms with Gasteiger partial charge in [-0.05, 0) is 35.9 Å². The van der Waals surface area contributed by atoms with Crippen LogP contribution < -0.4 is 10.1 Å². The number of carbonyl (C=O) groups is 1. The summed E-state index contributed by atoms with van der Waals surface area (Å²) in [4.78, 5) is 16.4. The number of hydrogen-bond acceptors (Lipinski definition) is 4. The maximum absolute atomic E-state index is 12.2. The standard InChI is InChI=1S/C16H13ClN2O2S/c1-21-12-5-2-10(3-6-12)9-18-15(20)11-4-7-13-14(8-11)22-16(17)19-13/h2-8H,9H2,1H3,(H,18,20). The Morgan fingerprint density at radius 2 is 2.05 bits per heavy atom. The number of nitrogens with one attached hydrogen (secondary N) is 1. The van der Waals surface area contributed by atoms with E-state index in [4.69, 9.17) is 16.3 Å². The molecule has 0 bridgehead atoms. The lowest BCUT2D eigenvalue weighted by Gasteiger charge is -2.06. The monoisotopic (exact) mass is 332 g/mol. The minimum Gasteiger partial charge on any atom is -0.497 e. The topological polar surface area (TPSA) is 51.2 Å². The van der Waals surface area contributed by atoms with Gasteiger partial charge in [-0.1, -0.05) is 23.7 Å². The second-order valence-electron chi connectivity index (χ2n) is 4.68. The van der Waals surface area contributed by atoms with Gasteiger partial charge in [-0.15, -0.1) is 11.3 Å². The fourth-order valence-electron chi connectivity index (χ4n) is 2.07. The molecule has 0 aliphatic heterocycles. The summed E-state index contributed by atoms with van der Waals surface area (Å²) >= 11 is 7.24. The predicted octanol–water partition coefficient (Wildman–Crippen LogP) is 3.89. The van der Waals surface area contributed by atoms with Crippen LogP contribution in [0, 0.1) is 0 Å². The van der Waals surface area contributed by atoms with E-state index < -0.39 is 0 Å². The second kappa shape index (κ2) is 6.34. The molecule has 0 saturated carbocycles. The molecule has 22 heavy (non-hydrogen) atoms. The molecule has 1 amide bonds. The van der Waals surface area contributed by atoms with Crippen LogP contribution in [-0.2, 0) is 6.54 Å². The fourth-order valence-corrected chi connectivity index (χ4v) is 3.14. The highest BCUT2D eigenvalue weighted by Gasteiger charge is 2.09. The van der Waals surface area contributed by atoms with Gasteiger partial charge in [-0.3, -0.25) is 4.79 Å². The zero-order valence-electron chi connectivity index (χ0n) is 11.8. The minimum atomic E-state index is -0.123. The second-order valence-corrected chi connectivity index (χ2v) is 6.29. The smallest absolute Gasteiger partial charge is 0.251 e. The Kier molecular flexibility index (Phi) is 4.27. The number of rotatable bonds is 4. The number of aromatic nitrogens is 1. The highest BCUT2D eigenvalue weighted by Crippen LogP contribution is 2.26. The van der Waals surface area contributed by atoms with Crippen molar-refractivity contribution in [2.24, 2.45) is 0 Å². The molecule has 0 saturated heterocycles. The molecule has 0 aliphatic carbocycles. The van der Waals surface area contributed by atoms with Crippen molar-refractivity contribution < 1.29 is 9.53 Å². The summed E-state index contributed by atoms with van der Waals surface area (Å²) in [6, 6.07) is 12.9. The molecule has 0 radical (unpaired) electrons. The van der Waals surface area contributed by atoms with Crippen molar-refractivity contribution in [3.63, 3.8) is 0 Å². The highest BCUT2D eigenvalue weighted by atomic mass is 35.5. The van der Waals surface area contributed by atoms with Gasteiger partial charge in [0, 0.05) is 12.1 Å². The minimum absolute atomic E-state index is 0.123. The number of ether oxygens (including phenoxy) is 1. The maximum Gasteiger partial charge on any atom is 0.251 e. The van der Waals surface area contributed by atoms with E-state index in [1.807, 2.05) is 30.3 Å². The number of amides is 1. The maximum atomic E-state index is 12.2. The summed E-state index contributed by atoms with van der Waals surface area (Å²) in [6.45, 7) is 0.463. The Hall–Kier alpha value is -2.11. The van der Waals surface area contributed by atoms with Gasteiger partial charge in [0.15, 0.2) is 4.47 Å². The number of carbonyl (C=O) groups excluding carboxylic acids is 1. The molecule has 4 nitrogen and oxygen atoms in total. The average Bonchev–Trinajstić information content (AvgIpc) is 2.92. The van der Waals surface area contributed by atoms with Gasteiger partial charge in [0.05, 0.1) is 17.3 Å². The van der Waals surface area contributed by atoms with E-state index >= 15 is 0 Å². The van der Waals surface area contributed by atoms with Crippen molar-refractivity contribution in [1.29, 1.82) is 0 Å². The lowest BCUT2D eigenvalue weighted by Crippen LogP contribution is -2.22. The zero-order valence-corrected chi connectivity index (χ0v) is 13.4. The van der Waals surface area contributed by atoms with Crippen LogP contribution in [0.1, 0.15) is 15.9 Å². The van der Waals surface area contributed by atoms with Gasteiger partial charge in [-0.25, -0.2) is 4.98 Å². The summed E-state index contributed by atoms with van der Waals surface area (Å²) in [5.74, 6) is 0.671. The first-order valence-electron chi connectivity index (χ1n) is 6.63. The summed E-state index contributed by atoms with van der Waals surface area (Å²) in [5.41, 5.74) is 2.42. The summed E-state index contributed by atoms with van der Waals surface area (Å²) in [5, 5.41) is 2.90. The number of hydrogen-bond donors (Lipinski definition) is 1. The Bertz CT molecular complexity index is 815. The van der Waals surface area contributed by atoms with Crippen LogP contribution in [0.5, 0.6) is 5.75 Å². The van der Waals surface area contributed by atoms with Crippen molar-refractivity contribution in [2.45, 2.75) is 6.54 Å². The zero-order chi connectivity index (χ0) is 15.5. The van der Waals surface area contributed by atoms with Crippen molar-refractivity contribution >= 4 is 39.1 Å². The Morgan fingerprint density at radius 1 is 1.27 bits per heavy atom. The molecule has 0 spiro atoms. The van der Waals surface area contributed by atoms with E-state index in [9.17, 15) is 4.79 Å². The summed E-state index contributed by atoms with van der Waals surface area (Å²) < 4.78 is 6.49. The van der Waals surface area contributed by atoms with Crippen molar-refractivity contribution in [2.75, 3.05) is 7.11 Å². The molecule has 6 heteroatoms. The van der Waals surface area contributed by atoms with Gasteiger partial charge in [0.25, 0.3) is 5.91 Å². The highest BCUT2D eigenvalue weighted by molar-refractivity contribution is 7.22. The third-order valence-corrected chi connectivity index (χ3v) is 4.36. The van der Waals surface area contributed by atoms with Gasteiger partial charge in [0.1, 0.15) is 5.75 Å². The number of fused-ring (bicyclic) bond motifs is 1. The van der Waals surface area contributed by atoms with Crippen LogP contribution >= 0.6 is 22.9 Å². The van der Waals surface area contributed by atoms with Crippen LogP contribution in [0.2, 0.25) is 4.47 Å². The van der Waals surface area contributed by atoms with Crippen molar-refractivity contribution in [3.8, 4) is 5.75 Å². The van der Waals surface area contributed by atoms with E-state index in [1.165, 1.54) is 11.3 Å². The molecule has 1 heterocycles. The fraction of sp³-hybridized carbons (Fsp3) is 0.125. The van der Waals surface area contributed by atoms with E-state index in [0.717, 1.165) is 21.5 Å². The molecule has 1 aromatic heterocycles. The van der Waals surface area contributed by atoms with E-state index in [1.54, 1.807) is 19.2 Å². The number of thiazole rings is 1. The van der Waals surface area contributed by atoms with E-state index in [0.29, 0.717) is 16.6 Å². The third kappa shape index (κ3) is 3.21. The molecule has 2 aromatic carbocycles. The van der Waals surface area contributed by atoms with Crippen LogP contribution in [0.15, 0.2) is 42.5 Å². The van der Waals surface area contributed by atoms with Crippen LogP contribution in [0.3, 0.4) is 0 Å². The molecule has 0 atom stereocenters. The molecule has 112 valence electrons. The van der Waals surface area contributed by atoms with Gasteiger partial charge in [-0.2, -0.15) is 0 Å².